The second kappa shape index (κ2) is 7.69. The van der Waals surface area contributed by atoms with E-state index in [4.69, 9.17) is 5.84 Å². The lowest BCUT2D eigenvalue weighted by molar-refractivity contribution is 0.389. The van der Waals surface area contributed by atoms with Gasteiger partial charge in [-0.1, -0.05) is 42.0 Å². The van der Waals surface area contributed by atoms with Crippen LogP contribution in [0.4, 0.5) is 0 Å². The third-order valence-electron chi connectivity index (χ3n) is 3.35. The molecular formula is C19H23N3. The van der Waals surface area contributed by atoms with E-state index < -0.39 is 0 Å². The Labute approximate surface area is 132 Å². The maximum atomic E-state index is 5.58. The number of hydrogen-bond donors (Lipinski definition) is 1. The SMILES string of the molecule is C/C=C(\C=C/CN(C)N)/C=C/c1ccc2cc(C)ccc2n1. The minimum Gasteiger partial charge on any atom is -0.269 e. The number of rotatable bonds is 5. The second-order valence-electron chi connectivity index (χ2n) is 5.40. The minimum absolute atomic E-state index is 0.721. The standard InChI is InChI=1S/C19H23N3/c1-4-16(6-5-13-22(3)20)8-10-18-11-9-17-14-15(2)7-12-19(17)21-18/h4-12,14H,13,20H2,1-3H3/b6-5-,10-8+,16-4+. The molecule has 1 aromatic carbocycles. The van der Waals surface area contributed by atoms with Gasteiger partial charge in [0, 0.05) is 19.0 Å². The lowest BCUT2D eigenvalue weighted by atomic mass is 10.1. The molecule has 2 aromatic rings. The van der Waals surface area contributed by atoms with Gasteiger partial charge in [-0.25, -0.2) is 9.99 Å². The number of likely N-dealkylation sites (N-methyl/N-ethyl adjacent to an activating group) is 1. The van der Waals surface area contributed by atoms with Crippen LogP contribution < -0.4 is 5.84 Å². The summed E-state index contributed by atoms with van der Waals surface area (Å²) in [6, 6.07) is 10.5. The van der Waals surface area contributed by atoms with Gasteiger partial charge in [0.05, 0.1) is 11.2 Å². The Kier molecular flexibility index (Phi) is 5.64. The lowest BCUT2D eigenvalue weighted by Gasteiger charge is -2.03. The zero-order valence-electron chi connectivity index (χ0n) is 13.5. The molecular weight excluding hydrogens is 270 g/mol. The molecule has 1 aromatic heterocycles. The van der Waals surface area contributed by atoms with E-state index in [0.717, 1.165) is 23.3 Å². The Morgan fingerprint density at radius 2 is 2.05 bits per heavy atom. The summed E-state index contributed by atoms with van der Waals surface area (Å²) >= 11 is 0. The summed E-state index contributed by atoms with van der Waals surface area (Å²) in [5.74, 6) is 5.58. The molecule has 0 bridgehead atoms. The highest BCUT2D eigenvalue weighted by Crippen LogP contribution is 2.15. The van der Waals surface area contributed by atoms with E-state index >= 15 is 0 Å². The zero-order valence-corrected chi connectivity index (χ0v) is 13.5. The molecule has 0 unspecified atom stereocenters. The molecule has 3 nitrogen and oxygen atoms in total. The number of nitrogens with zero attached hydrogens (tertiary/aromatic N) is 2. The summed E-state index contributed by atoms with van der Waals surface area (Å²) in [7, 11) is 1.84. The van der Waals surface area contributed by atoms with Gasteiger partial charge >= 0.3 is 0 Å². The molecule has 3 heteroatoms. The van der Waals surface area contributed by atoms with Crippen molar-refractivity contribution < 1.29 is 0 Å². The zero-order chi connectivity index (χ0) is 15.9. The molecule has 0 aliphatic heterocycles. The summed E-state index contributed by atoms with van der Waals surface area (Å²) in [5.41, 5.74) is 4.37. The summed E-state index contributed by atoms with van der Waals surface area (Å²) in [4.78, 5) is 4.66. The van der Waals surface area contributed by atoms with Crippen LogP contribution in [0.5, 0.6) is 0 Å². The van der Waals surface area contributed by atoms with Crippen LogP contribution in [0.3, 0.4) is 0 Å². The first-order valence-electron chi connectivity index (χ1n) is 7.42. The van der Waals surface area contributed by atoms with Gasteiger partial charge in [0.25, 0.3) is 0 Å². The molecule has 114 valence electrons. The molecule has 0 saturated heterocycles. The fraction of sp³-hybridized carbons (Fsp3) is 0.211. The Morgan fingerprint density at radius 1 is 1.23 bits per heavy atom. The first-order valence-corrected chi connectivity index (χ1v) is 7.42. The van der Waals surface area contributed by atoms with Gasteiger partial charge in [-0.05, 0) is 43.7 Å². The highest BCUT2D eigenvalue weighted by Gasteiger charge is 1.96. The first-order chi connectivity index (χ1) is 10.6. The predicted octanol–water partition coefficient (Wildman–Crippen LogP) is 3.86. The van der Waals surface area contributed by atoms with Crippen molar-refractivity contribution in [2.24, 2.45) is 5.84 Å². The molecule has 0 saturated carbocycles. The summed E-state index contributed by atoms with van der Waals surface area (Å²) < 4.78 is 0. The average molecular weight is 293 g/mol. The van der Waals surface area contributed by atoms with Gasteiger partial charge in [-0.3, -0.25) is 5.84 Å². The highest BCUT2D eigenvalue weighted by molar-refractivity contribution is 5.80. The van der Waals surface area contributed by atoms with E-state index in [0.29, 0.717) is 0 Å². The lowest BCUT2D eigenvalue weighted by Crippen LogP contribution is -2.25. The van der Waals surface area contributed by atoms with Gasteiger partial charge < -0.3 is 0 Å². The van der Waals surface area contributed by atoms with Crippen molar-refractivity contribution in [1.29, 1.82) is 0 Å². The third-order valence-corrected chi connectivity index (χ3v) is 3.35. The van der Waals surface area contributed by atoms with Crippen LogP contribution in [0, 0.1) is 6.92 Å². The molecule has 0 radical (unpaired) electrons. The summed E-state index contributed by atoms with van der Waals surface area (Å²) in [5, 5.41) is 2.81. The van der Waals surface area contributed by atoms with Crippen LogP contribution in [-0.4, -0.2) is 23.6 Å². The van der Waals surface area contributed by atoms with Crippen molar-refractivity contribution in [2.45, 2.75) is 13.8 Å². The molecule has 0 fully saturated rings. The smallest absolute Gasteiger partial charge is 0.0709 e. The van der Waals surface area contributed by atoms with Crippen molar-refractivity contribution in [2.75, 3.05) is 13.6 Å². The number of aryl methyl sites for hydroxylation is 1. The van der Waals surface area contributed by atoms with Crippen LogP contribution in [0.1, 0.15) is 18.2 Å². The van der Waals surface area contributed by atoms with E-state index in [1.807, 2.05) is 32.2 Å². The van der Waals surface area contributed by atoms with Gasteiger partial charge in [0.1, 0.15) is 0 Å². The number of pyridine rings is 1. The van der Waals surface area contributed by atoms with E-state index in [1.165, 1.54) is 10.9 Å². The molecule has 0 spiro atoms. The Morgan fingerprint density at radius 3 is 2.77 bits per heavy atom. The predicted molar refractivity (Wildman–Crippen MR) is 95.2 cm³/mol. The average Bonchev–Trinajstić information content (AvgIpc) is 2.50. The highest BCUT2D eigenvalue weighted by atomic mass is 15.4. The molecule has 2 rings (SSSR count). The van der Waals surface area contributed by atoms with Crippen LogP contribution in [0.2, 0.25) is 0 Å². The van der Waals surface area contributed by atoms with E-state index in [1.54, 1.807) is 5.01 Å². The number of hydrogen-bond acceptors (Lipinski definition) is 3. The fourth-order valence-electron chi connectivity index (χ4n) is 2.14. The first kappa shape index (κ1) is 16.1. The van der Waals surface area contributed by atoms with Gasteiger partial charge in [0.2, 0.25) is 0 Å². The fourth-order valence-corrected chi connectivity index (χ4v) is 2.14. The maximum Gasteiger partial charge on any atom is 0.0709 e. The van der Waals surface area contributed by atoms with E-state index in [-0.39, 0.29) is 0 Å². The Balaban J connectivity index is 2.15. The van der Waals surface area contributed by atoms with Crippen LogP contribution in [0.15, 0.2) is 60.2 Å². The molecule has 0 aliphatic carbocycles. The van der Waals surface area contributed by atoms with Gasteiger partial charge in [-0.2, -0.15) is 0 Å². The largest absolute Gasteiger partial charge is 0.269 e. The maximum absolute atomic E-state index is 5.58. The van der Waals surface area contributed by atoms with Crippen molar-refractivity contribution in [3.63, 3.8) is 0 Å². The number of benzene rings is 1. The number of hydrazine groups is 1. The quantitative estimate of drug-likeness (QED) is 0.517. The van der Waals surface area contributed by atoms with Crippen LogP contribution in [0.25, 0.3) is 17.0 Å². The molecule has 0 amide bonds. The third kappa shape index (κ3) is 4.65. The van der Waals surface area contributed by atoms with Gasteiger partial charge in [-0.15, -0.1) is 0 Å². The number of aromatic nitrogens is 1. The van der Waals surface area contributed by atoms with Crippen molar-refractivity contribution in [3.05, 3.63) is 71.5 Å². The second-order valence-corrected chi connectivity index (χ2v) is 5.40. The van der Waals surface area contributed by atoms with Crippen LogP contribution in [-0.2, 0) is 0 Å². The molecule has 22 heavy (non-hydrogen) atoms. The Bertz CT molecular complexity index is 725. The summed E-state index contributed by atoms with van der Waals surface area (Å²) in [6.45, 7) is 4.84. The molecule has 2 N–H and O–H groups in total. The number of fused-ring (bicyclic) bond motifs is 1. The van der Waals surface area contributed by atoms with E-state index in [2.05, 4.69) is 54.4 Å². The normalized spacial score (nSPS) is 13.0. The van der Waals surface area contributed by atoms with Crippen molar-refractivity contribution >= 4 is 17.0 Å². The van der Waals surface area contributed by atoms with Crippen molar-refractivity contribution in [1.82, 2.24) is 9.99 Å². The van der Waals surface area contributed by atoms with E-state index in [9.17, 15) is 0 Å². The molecule has 0 atom stereocenters. The number of allylic oxidation sites excluding steroid dienone is 4. The molecule has 0 aliphatic rings. The molecule has 1 heterocycles. The Hall–Kier alpha value is -2.23. The minimum atomic E-state index is 0.721. The topological polar surface area (TPSA) is 42.1 Å². The monoisotopic (exact) mass is 293 g/mol. The van der Waals surface area contributed by atoms with Crippen molar-refractivity contribution in [3.8, 4) is 0 Å². The number of nitrogens with two attached hydrogens (primary N) is 1. The van der Waals surface area contributed by atoms with Gasteiger partial charge in [0.15, 0.2) is 0 Å². The summed E-state index contributed by atoms with van der Waals surface area (Å²) in [6.07, 6.45) is 10.3. The van der Waals surface area contributed by atoms with Crippen LogP contribution >= 0.6 is 0 Å².